The van der Waals surface area contributed by atoms with Gasteiger partial charge in [-0.15, -0.1) is 0 Å². The van der Waals surface area contributed by atoms with Crippen molar-refractivity contribution < 1.29 is 14.3 Å². The van der Waals surface area contributed by atoms with Crippen LogP contribution in [0.3, 0.4) is 0 Å². The topological polar surface area (TPSA) is 67.4 Å². The summed E-state index contributed by atoms with van der Waals surface area (Å²) in [6.45, 7) is 1.70. The highest BCUT2D eigenvalue weighted by molar-refractivity contribution is 6.02. The molecular weight excluding hydrogens is 316 g/mol. The fourth-order valence-corrected chi connectivity index (χ4v) is 3.47. The number of hydrogen-bond donors (Lipinski definition) is 2. The van der Waals surface area contributed by atoms with Gasteiger partial charge >= 0.3 is 0 Å². The van der Waals surface area contributed by atoms with Crippen molar-refractivity contribution in [2.75, 3.05) is 10.6 Å². The maximum Gasteiger partial charge on any atom is 0.265 e. The van der Waals surface area contributed by atoms with Crippen molar-refractivity contribution in [2.24, 2.45) is 0 Å². The summed E-state index contributed by atoms with van der Waals surface area (Å²) in [4.78, 5) is 24.7. The Balaban J connectivity index is 1.57. The molecule has 1 atom stereocenters. The van der Waals surface area contributed by atoms with Crippen LogP contribution in [-0.4, -0.2) is 17.9 Å². The highest BCUT2D eigenvalue weighted by atomic mass is 16.5. The number of benzene rings is 2. The third-order valence-electron chi connectivity index (χ3n) is 5.14. The first-order chi connectivity index (χ1) is 12.1. The summed E-state index contributed by atoms with van der Waals surface area (Å²) in [6, 6.07) is 15.2. The Hall–Kier alpha value is -2.82. The molecule has 0 saturated heterocycles. The number of carbonyl (C=O) groups is 2. The number of fused-ring (bicyclic) bond motifs is 1. The molecule has 1 unspecified atom stereocenters. The van der Waals surface area contributed by atoms with E-state index in [1.165, 1.54) is 0 Å². The quantitative estimate of drug-likeness (QED) is 0.902. The summed E-state index contributed by atoms with van der Waals surface area (Å²) < 4.78 is 5.55. The van der Waals surface area contributed by atoms with Gasteiger partial charge in [0.15, 0.2) is 6.10 Å². The van der Waals surface area contributed by atoms with Gasteiger partial charge in [0.2, 0.25) is 5.91 Å². The lowest BCUT2D eigenvalue weighted by atomic mass is 9.64. The molecule has 1 fully saturated rings. The standard InChI is InChI=1S/C20H20N2O3/c1-13-18(23)22-16-12-15(8-9-17(16)25-13)21-19(24)20(10-5-11-20)14-6-3-2-4-7-14/h2-4,6-9,12-13H,5,10-11H2,1H3,(H,21,24)(H,22,23). The average molecular weight is 336 g/mol. The Morgan fingerprint density at radius 2 is 1.96 bits per heavy atom. The number of nitrogens with one attached hydrogen (secondary N) is 2. The lowest BCUT2D eigenvalue weighted by molar-refractivity contribution is -0.124. The summed E-state index contributed by atoms with van der Waals surface area (Å²) in [7, 11) is 0. The van der Waals surface area contributed by atoms with Crippen LogP contribution in [0.1, 0.15) is 31.7 Å². The summed E-state index contributed by atoms with van der Waals surface area (Å²) in [5.41, 5.74) is 1.85. The van der Waals surface area contributed by atoms with E-state index >= 15 is 0 Å². The summed E-state index contributed by atoms with van der Waals surface area (Å²) >= 11 is 0. The minimum atomic E-state index is -0.510. The molecule has 1 aliphatic heterocycles. The molecular formula is C20H20N2O3. The van der Waals surface area contributed by atoms with Crippen LogP contribution in [0.25, 0.3) is 0 Å². The van der Waals surface area contributed by atoms with Crippen molar-refractivity contribution in [3.63, 3.8) is 0 Å². The Bertz CT molecular complexity index is 828. The molecule has 5 heteroatoms. The SMILES string of the molecule is CC1Oc2ccc(NC(=O)C3(c4ccccc4)CCC3)cc2NC1=O. The second-order valence-electron chi connectivity index (χ2n) is 6.72. The summed E-state index contributed by atoms with van der Waals surface area (Å²) in [6.07, 6.45) is 2.24. The van der Waals surface area contributed by atoms with Crippen LogP contribution in [-0.2, 0) is 15.0 Å². The third-order valence-corrected chi connectivity index (χ3v) is 5.14. The van der Waals surface area contributed by atoms with Crippen LogP contribution in [0, 0.1) is 0 Å². The zero-order valence-electron chi connectivity index (χ0n) is 14.0. The van der Waals surface area contributed by atoms with E-state index in [-0.39, 0.29) is 11.8 Å². The number of rotatable bonds is 3. The Morgan fingerprint density at radius 1 is 1.20 bits per heavy atom. The van der Waals surface area contributed by atoms with Crippen molar-refractivity contribution in [3.8, 4) is 5.75 Å². The number of amides is 2. The normalized spacial score (nSPS) is 20.5. The van der Waals surface area contributed by atoms with E-state index in [0.29, 0.717) is 17.1 Å². The van der Waals surface area contributed by atoms with Crippen LogP contribution in [0.2, 0.25) is 0 Å². The highest BCUT2D eigenvalue weighted by Crippen LogP contribution is 2.44. The van der Waals surface area contributed by atoms with Gasteiger partial charge in [0, 0.05) is 5.69 Å². The second kappa shape index (κ2) is 5.92. The first-order valence-corrected chi connectivity index (χ1v) is 8.57. The zero-order chi connectivity index (χ0) is 17.4. The molecule has 2 aromatic carbocycles. The van der Waals surface area contributed by atoms with Gasteiger partial charge in [0.25, 0.3) is 5.91 Å². The predicted molar refractivity (Wildman–Crippen MR) is 95.8 cm³/mol. The molecule has 2 aliphatic rings. The van der Waals surface area contributed by atoms with Crippen LogP contribution >= 0.6 is 0 Å². The van der Waals surface area contributed by atoms with E-state index in [9.17, 15) is 9.59 Å². The van der Waals surface area contributed by atoms with Gasteiger partial charge in [0.1, 0.15) is 5.75 Å². The molecule has 0 radical (unpaired) electrons. The largest absolute Gasteiger partial charge is 0.479 e. The van der Waals surface area contributed by atoms with E-state index in [2.05, 4.69) is 10.6 Å². The third kappa shape index (κ3) is 2.65. The molecule has 0 aromatic heterocycles. The van der Waals surface area contributed by atoms with E-state index in [1.54, 1.807) is 25.1 Å². The Labute approximate surface area is 146 Å². The lowest BCUT2D eigenvalue weighted by Crippen LogP contribution is -2.46. The van der Waals surface area contributed by atoms with Crippen molar-refractivity contribution in [1.82, 2.24) is 0 Å². The van der Waals surface area contributed by atoms with Gasteiger partial charge in [-0.2, -0.15) is 0 Å². The number of carbonyl (C=O) groups excluding carboxylic acids is 2. The minimum absolute atomic E-state index is 0.00122. The van der Waals surface area contributed by atoms with Crippen LogP contribution in [0.4, 0.5) is 11.4 Å². The molecule has 1 heterocycles. The smallest absolute Gasteiger partial charge is 0.265 e. The van der Waals surface area contributed by atoms with Crippen molar-refractivity contribution in [2.45, 2.75) is 37.7 Å². The van der Waals surface area contributed by atoms with Crippen LogP contribution in [0.5, 0.6) is 5.75 Å². The van der Waals surface area contributed by atoms with E-state index < -0.39 is 11.5 Å². The molecule has 2 amide bonds. The van der Waals surface area contributed by atoms with E-state index in [1.807, 2.05) is 30.3 Å². The number of anilines is 2. The van der Waals surface area contributed by atoms with Gasteiger partial charge in [-0.3, -0.25) is 9.59 Å². The molecule has 4 rings (SSSR count). The van der Waals surface area contributed by atoms with Crippen molar-refractivity contribution in [3.05, 3.63) is 54.1 Å². The highest BCUT2D eigenvalue weighted by Gasteiger charge is 2.45. The summed E-state index contributed by atoms with van der Waals surface area (Å²) in [5, 5.41) is 5.82. The van der Waals surface area contributed by atoms with Gasteiger partial charge in [0.05, 0.1) is 11.1 Å². The van der Waals surface area contributed by atoms with Crippen LogP contribution < -0.4 is 15.4 Å². The Morgan fingerprint density at radius 3 is 2.64 bits per heavy atom. The molecule has 5 nitrogen and oxygen atoms in total. The first kappa shape index (κ1) is 15.7. The number of ether oxygens (including phenoxy) is 1. The molecule has 2 aromatic rings. The van der Waals surface area contributed by atoms with E-state index in [0.717, 1.165) is 24.8 Å². The van der Waals surface area contributed by atoms with Crippen LogP contribution in [0.15, 0.2) is 48.5 Å². The molecule has 2 N–H and O–H groups in total. The molecule has 0 spiro atoms. The van der Waals surface area contributed by atoms with Gasteiger partial charge in [-0.1, -0.05) is 36.8 Å². The molecule has 0 bridgehead atoms. The van der Waals surface area contributed by atoms with Crippen molar-refractivity contribution >= 4 is 23.2 Å². The minimum Gasteiger partial charge on any atom is -0.479 e. The van der Waals surface area contributed by atoms with Gasteiger partial charge in [-0.05, 0) is 43.5 Å². The maximum atomic E-state index is 13.0. The van der Waals surface area contributed by atoms with Gasteiger partial charge in [-0.25, -0.2) is 0 Å². The Kier molecular flexibility index (Phi) is 3.71. The molecule has 1 aliphatic carbocycles. The molecule has 1 saturated carbocycles. The fraction of sp³-hybridized carbons (Fsp3) is 0.300. The lowest BCUT2D eigenvalue weighted by Gasteiger charge is -2.40. The van der Waals surface area contributed by atoms with Gasteiger partial charge < -0.3 is 15.4 Å². The average Bonchev–Trinajstić information content (AvgIpc) is 2.56. The second-order valence-corrected chi connectivity index (χ2v) is 6.72. The zero-order valence-corrected chi connectivity index (χ0v) is 14.0. The maximum absolute atomic E-state index is 13.0. The van der Waals surface area contributed by atoms with Crippen molar-refractivity contribution in [1.29, 1.82) is 0 Å². The monoisotopic (exact) mass is 336 g/mol. The summed E-state index contributed by atoms with van der Waals surface area (Å²) in [5.74, 6) is 0.434. The predicted octanol–water partition coefficient (Wildman–Crippen LogP) is 3.47. The molecule has 25 heavy (non-hydrogen) atoms. The first-order valence-electron chi connectivity index (χ1n) is 8.57. The molecule has 128 valence electrons. The number of hydrogen-bond acceptors (Lipinski definition) is 3. The fourth-order valence-electron chi connectivity index (χ4n) is 3.47. The van der Waals surface area contributed by atoms with E-state index in [4.69, 9.17) is 4.74 Å².